The van der Waals surface area contributed by atoms with Crippen LogP contribution in [0.25, 0.3) is 0 Å². The van der Waals surface area contributed by atoms with Crippen molar-refractivity contribution >= 4 is 8.32 Å². The molecule has 0 saturated heterocycles. The van der Waals surface area contributed by atoms with Crippen molar-refractivity contribution in [3.63, 3.8) is 0 Å². The van der Waals surface area contributed by atoms with Crippen molar-refractivity contribution in [2.45, 2.75) is 76.8 Å². The summed E-state index contributed by atoms with van der Waals surface area (Å²) in [6, 6.07) is 20.4. The number of aliphatic hydroxyl groups is 1. The van der Waals surface area contributed by atoms with Crippen molar-refractivity contribution in [2.24, 2.45) is 0 Å². The van der Waals surface area contributed by atoms with E-state index < -0.39 is 14.4 Å². The first-order chi connectivity index (χ1) is 14.6. The zero-order valence-corrected chi connectivity index (χ0v) is 20.8. The van der Waals surface area contributed by atoms with E-state index in [0.29, 0.717) is 6.42 Å². The highest BCUT2D eigenvalue weighted by Gasteiger charge is 2.38. The van der Waals surface area contributed by atoms with Crippen molar-refractivity contribution < 1.29 is 9.53 Å². The maximum Gasteiger partial charge on any atom is 0.193 e. The Morgan fingerprint density at radius 2 is 1.29 bits per heavy atom. The molecule has 0 bridgehead atoms. The molecule has 0 unspecified atom stereocenters. The Balaban J connectivity index is 0.000000343. The molecule has 0 aliphatic heterocycles. The number of terminal acetylenes is 2. The van der Waals surface area contributed by atoms with Gasteiger partial charge in [0, 0.05) is 0 Å². The van der Waals surface area contributed by atoms with Gasteiger partial charge >= 0.3 is 0 Å². The normalized spacial score (nSPS) is 13.2. The Morgan fingerprint density at radius 3 is 1.68 bits per heavy atom. The van der Waals surface area contributed by atoms with Crippen LogP contribution in [-0.4, -0.2) is 25.6 Å². The van der Waals surface area contributed by atoms with E-state index in [1.54, 1.807) is 0 Å². The first-order valence-corrected chi connectivity index (χ1v) is 13.9. The van der Waals surface area contributed by atoms with Crippen LogP contribution >= 0.6 is 0 Å². The van der Waals surface area contributed by atoms with Crippen LogP contribution < -0.4 is 0 Å². The number of aryl methyl sites for hydroxylation is 2. The Hall–Kier alpha value is -2.30. The SMILES string of the molecule is C#C[C@@H](O)CCc1ccccc1.C#C[C@H](CCc1ccccc1)O[Si](C)(C)C(C)(C)C. The van der Waals surface area contributed by atoms with Gasteiger partial charge in [-0.3, -0.25) is 0 Å². The van der Waals surface area contributed by atoms with Gasteiger partial charge in [-0.15, -0.1) is 12.8 Å². The predicted molar refractivity (Wildman–Crippen MR) is 135 cm³/mol. The molecule has 2 atom stereocenters. The molecule has 0 aromatic heterocycles. The molecule has 0 fully saturated rings. The van der Waals surface area contributed by atoms with Crippen LogP contribution in [0.5, 0.6) is 0 Å². The number of hydrogen-bond donors (Lipinski definition) is 1. The second-order valence-electron chi connectivity index (χ2n) is 9.26. The Bertz CT molecular complexity index is 823. The summed E-state index contributed by atoms with van der Waals surface area (Å²) < 4.78 is 6.28. The Morgan fingerprint density at radius 1 is 0.839 bits per heavy atom. The van der Waals surface area contributed by atoms with E-state index in [9.17, 15) is 0 Å². The summed E-state index contributed by atoms with van der Waals surface area (Å²) in [6.45, 7) is 11.2. The highest BCUT2D eigenvalue weighted by molar-refractivity contribution is 6.74. The molecular formula is C28H38O2Si. The van der Waals surface area contributed by atoms with Gasteiger partial charge in [0.25, 0.3) is 0 Å². The van der Waals surface area contributed by atoms with Gasteiger partial charge in [0.2, 0.25) is 0 Å². The molecule has 166 valence electrons. The van der Waals surface area contributed by atoms with Gasteiger partial charge in [-0.25, -0.2) is 0 Å². The second kappa shape index (κ2) is 13.2. The summed E-state index contributed by atoms with van der Waals surface area (Å²) >= 11 is 0. The van der Waals surface area contributed by atoms with Gasteiger partial charge in [-0.05, 0) is 54.9 Å². The van der Waals surface area contributed by atoms with Crippen LogP contribution in [0.4, 0.5) is 0 Å². The molecule has 0 aliphatic carbocycles. The average molecular weight is 435 g/mol. The van der Waals surface area contributed by atoms with E-state index in [-0.39, 0.29) is 11.1 Å². The minimum absolute atomic E-state index is 0.0684. The maximum atomic E-state index is 9.08. The number of hydrogen-bond acceptors (Lipinski definition) is 2. The molecule has 0 aliphatic rings. The molecule has 31 heavy (non-hydrogen) atoms. The molecule has 0 amide bonds. The first kappa shape index (κ1) is 26.7. The summed E-state index contributed by atoms with van der Waals surface area (Å²) in [5.41, 5.74) is 2.54. The minimum Gasteiger partial charge on any atom is -0.403 e. The van der Waals surface area contributed by atoms with E-state index in [2.05, 4.69) is 70.0 Å². The zero-order chi connectivity index (χ0) is 23.3. The molecule has 0 heterocycles. The fraction of sp³-hybridized carbons (Fsp3) is 0.429. The van der Waals surface area contributed by atoms with Gasteiger partial charge in [0.1, 0.15) is 12.2 Å². The van der Waals surface area contributed by atoms with Gasteiger partial charge in [-0.1, -0.05) is 93.3 Å². The summed E-state index contributed by atoms with van der Waals surface area (Å²) in [5.74, 6) is 5.10. The monoisotopic (exact) mass is 434 g/mol. The molecule has 1 N–H and O–H groups in total. The third-order valence-corrected chi connectivity index (χ3v) is 10.2. The highest BCUT2D eigenvalue weighted by Crippen LogP contribution is 2.37. The Labute approximate surface area is 191 Å². The second-order valence-corrected chi connectivity index (χ2v) is 14.0. The van der Waals surface area contributed by atoms with Crippen molar-refractivity contribution in [1.82, 2.24) is 0 Å². The van der Waals surface area contributed by atoms with E-state index >= 15 is 0 Å². The van der Waals surface area contributed by atoms with Crippen molar-refractivity contribution in [1.29, 1.82) is 0 Å². The van der Waals surface area contributed by atoms with Crippen molar-refractivity contribution in [3.8, 4) is 24.7 Å². The fourth-order valence-corrected chi connectivity index (χ4v) is 3.93. The lowest BCUT2D eigenvalue weighted by atomic mass is 10.1. The molecule has 2 aromatic rings. The lowest BCUT2D eigenvalue weighted by Crippen LogP contribution is -2.43. The quantitative estimate of drug-likeness (QED) is 0.393. The van der Waals surface area contributed by atoms with Crippen LogP contribution in [0.15, 0.2) is 60.7 Å². The number of rotatable bonds is 8. The van der Waals surface area contributed by atoms with E-state index in [1.807, 2.05) is 36.4 Å². The third-order valence-electron chi connectivity index (χ3n) is 5.71. The number of benzene rings is 2. The smallest absolute Gasteiger partial charge is 0.193 e. The standard InChI is InChI=1S/C17H26OSi.C11H12O/c1-7-16(18-19(5,6)17(2,3)4)14-13-15-11-9-8-10-12-15;1-2-11(12)9-8-10-6-4-3-5-7-10/h1,8-12,16H,13-14H2,2-6H3;1,3-7,11-12H,8-9H2/t16-;11-/m11/s1. The largest absolute Gasteiger partial charge is 0.403 e. The van der Waals surface area contributed by atoms with Gasteiger partial charge in [-0.2, -0.15) is 0 Å². The fourth-order valence-electron chi connectivity index (χ4n) is 2.68. The first-order valence-electron chi connectivity index (χ1n) is 10.9. The predicted octanol–water partition coefficient (Wildman–Crippen LogP) is 6.26. The molecule has 2 rings (SSSR count). The summed E-state index contributed by atoms with van der Waals surface area (Å²) in [6.07, 6.45) is 13.3. The lowest BCUT2D eigenvalue weighted by molar-refractivity contribution is 0.222. The third kappa shape index (κ3) is 10.5. The Kier molecular flexibility index (Phi) is 11.4. The van der Waals surface area contributed by atoms with E-state index in [1.165, 1.54) is 11.1 Å². The van der Waals surface area contributed by atoms with Crippen LogP contribution in [-0.2, 0) is 17.3 Å². The molecular weight excluding hydrogens is 396 g/mol. The van der Waals surface area contributed by atoms with Gasteiger partial charge < -0.3 is 9.53 Å². The van der Waals surface area contributed by atoms with Crippen LogP contribution in [0.1, 0.15) is 44.7 Å². The van der Waals surface area contributed by atoms with Crippen LogP contribution in [0.2, 0.25) is 18.1 Å². The molecule has 0 radical (unpaired) electrons. The molecule has 3 heteroatoms. The topological polar surface area (TPSA) is 29.5 Å². The van der Waals surface area contributed by atoms with Gasteiger partial charge in [0.05, 0.1) is 0 Å². The van der Waals surface area contributed by atoms with Crippen molar-refractivity contribution in [2.75, 3.05) is 0 Å². The summed E-state index contributed by atoms with van der Waals surface area (Å²) in [4.78, 5) is 0. The maximum absolute atomic E-state index is 9.08. The van der Waals surface area contributed by atoms with Crippen LogP contribution in [0.3, 0.4) is 0 Å². The highest BCUT2D eigenvalue weighted by atomic mass is 28.4. The zero-order valence-electron chi connectivity index (χ0n) is 19.8. The van der Waals surface area contributed by atoms with E-state index in [0.717, 1.165) is 19.3 Å². The molecule has 0 saturated carbocycles. The average Bonchev–Trinajstić information content (AvgIpc) is 2.76. The van der Waals surface area contributed by atoms with Crippen LogP contribution in [0, 0.1) is 24.7 Å². The number of aliphatic hydroxyl groups excluding tert-OH is 1. The van der Waals surface area contributed by atoms with Gasteiger partial charge in [0.15, 0.2) is 8.32 Å². The molecule has 2 nitrogen and oxygen atoms in total. The summed E-state index contributed by atoms with van der Waals surface area (Å²) in [5, 5.41) is 9.29. The molecule has 0 spiro atoms. The summed E-state index contributed by atoms with van der Waals surface area (Å²) in [7, 11) is -1.77. The van der Waals surface area contributed by atoms with Crippen molar-refractivity contribution in [3.05, 3.63) is 71.8 Å². The lowest BCUT2D eigenvalue weighted by Gasteiger charge is -2.38. The van der Waals surface area contributed by atoms with E-state index in [4.69, 9.17) is 22.4 Å². The molecule has 2 aromatic carbocycles. The minimum atomic E-state index is -1.77.